The Labute approximate surface area is 100 Å². The second-order valence-corrected chi connectivity index (χ2v) is 4.81. The molecule has 1 aromatic heterocycles. The summed E-state index contributed by atoms with van der Waals surface area (Å²) in [6.07, 6.45) is 3.48. The van der Waals surface area contributed by atoms with E-state index in [-0.39, 0.29) is 11.9 Å². The quantitative estimate of drug-likeness (QED) is 0.759. The Kier molecular flexibility index (Phi) is 3.17. The molecule has 0 aliphatic carbocycles. The van der Waals surface area contributed by atoms with Gasteiger partial charge in [-0.2, -0.15) is 5.10 Å². The van der Waals surface area contributed by atoms with Crippen molar-refractivity contribution in [3.63, 3.8) is 0 Å². The number of nitrogens with zero attached hydrogens (tertiary/aromatic N) is 2. The average Bonchev–Trinajstić information content (AvgIpc) is 2.90. The number of carbonyl (C=O) groups is 1. The minimum Gasteiger partial charge on any atom is -0.379 e. The SMILES string of the molecule is CN(Cc1cn[nH]c1)C(=O)C1(C)COCC1N. The number of H-pyrrole nitrogens is 1. The first-order chi connectivity index (χ1) is 8.04. The van der Waals surface area contributed by atoms with Gasteiger partial charge in [-0.05, 0) is 6.92 Å². The summed E-state index contributed by atoms with van der Waals surface area (Å²) in [5.41, 5.74) is 6.29. The van der Waals surface area contributed by atoms with Crippen molar-refractivity contribution in [2.24, 2.45) is 11.1 Å². The second kappa shape index (κ2) is 4.46. The molecule has 0 radical (unpaired) electrons. The van der Waals surface area contributed by atoms with Gasteiger partial charge in [-0.3, -0.25) is 9.89 Å². The van der Waals surface area contributed by atoms with Crippen molar-refractivity contribution in [3.05, 3.63) is 18.0 Å². The summed E-state index contributed by atoms with van der Waals surface area (Å²) in [6, 6.07) is -0.234. The van der Waals surface area contributed by atoms with Gasteiger partial charge in [-0.25, -0.2) is 0 Å². The van der Waals surface area contributed by atoms with Crippen LogP contribution in [0.25, 0.3) is 0 Å². The van der Waals surface area contributed by atoms with E-state index in [1.54, 1.807) is 24.3 Å². The molecule has 2 atom stereocenters. The maximum atomic E-state index is 12.3. The van der Waals surface area contributed by atoms with Crippen molar-refractivity contribution < 1.29 is 9.53 Å². The van der Waals surface area contributed by atoms with Crippen LogP contribution in [-0.2, 0) is 16.1 Å². The topological polar surface area (TPSA) is 84.2 Å². The molecule has 2 heterocycles. The van der Waals surface area contributed by atoms with E-state index in [9.17, 15) is 4.79 Å². The lowest BCUT2D eigenvalue weighted by molar-refractivity contribution is -0.140. The highest BCUT2D eigenvalue weighted by Gasteiger charge is 2.45. The van der Waals surface area contributed by atoms with Gasteiger partial charge < -0.3 is 15.4 Å². The summed E-state index contributed by atoms with van der Waals surface area (Å²) in [5, 5.41) is 6.58. The molecule has 2 rings (SSSR count). The van der Waals surface area contributed by atoms with Crippen molar-refractivity contribution >= 4 is 5.91 Å². The van der Waals surface area contributed by atoms with Gasteiger partial charge in [-0.15, -0.1) is 0 Å². The monoisotopic (exact) mass is 238 g/mol. The summed E-state index contributed by atoms with van der Waals surface area (Å²) >= 11 is 0. The van der Waals surface area contributed by atoms with Crippen molar-refractivity contribution in [1.82, 2.24) is 15.1 Å². The smallest absolute Gasteiger partial charge is 0.232 e. The van der Waals surface area contributed by atoms with Crippen molar-refractivity contribution in [1.29, 1.82) is 0 Å². The van der Waals surface area contributed by atoms with E-state index in [1.807, 2.05) is 6.92 Å². The molecule has 0 saturated carbocycles. The zero-order chi connectivity index (χ0) is 12.5. The first kappa shape index (κ1) is 12.1. The predicted molar refractivity (Wildman–Crippen MR) is 62.0 cm³/mol. The number of aromatic nitrogens is 2. The fourth-order valence-corrected chi connectivity index (χ4v) is 2.05. The van der Waals surface area contributed by atoms with Crippen LogP contribution < -0.4 is 5.73 Å². The van der Waals surface area contributed by atoms with E-state index in [0.717, 1.165) is 5.56 Å². The molecule has 1 aliphatic heterocycles. The molecule has 0 spiro atoms. The van der Waals surface area contributed by atoms with Gasteiger partial charge in [0.05, 0.1) is 24.8 Å². The Morgan fingerprint density at radius 3 is 3.12 bits per heavy atom. The first-order valence-corrected chi connectivity index (χ1v) is 5.60. The van der Waals surface area contributed by atoms with Crippen LogP contribution in [0.3, 0.4) is 0 Å². The molecule has 0 aromatic carbocycles. The molecule has 1 fully saturated rings. The summed E-state index contributed by atoms with van der Waals surface area (Å²) in [7, 11) is 1.77. The molecule has 1 aromatic rings. The average molecular weight is 238 g/mol. The molecule has 1 saturated heterocycles. The zero-order valence-corrected chi connectivity index (χ0v) is 10.1. The van der Waals surface area contributed by atoms with Crippen molar-refractivity contribution in [3.8, 4) is 0 Å². The summed E-state index contributed by atoms with van der Waals surface area (Å²) in [5.74, 6) is 0.0173. The maximum Gasteiger partial charge on any atom is 0.232 e. The van der Waals surface area contributed by atoms with Crippen LogP contribution in [-0.4, -0.2) is 47.3 Å². The Balaban J connectivity index is 2.04. The van der Waals surface area contributed by atoms with Gasteiger partial charge in [0.2, 0.25) is 5.91 Å². The Morgan fingerprint density at radius 2 is 2.59 bits per heavy atom. The van der Waals surface area contributed by atoms with E-state index in [1.165, 1.54) is 0 Å². The largest absolute Gasteiger partial charge is 0.379 e. The predicted octanol–water partition coefficient (Wildman–Crippen LogP) is -0.268. The number of rotatable bonds is 3. The van der Waals surface area contributed by atoms with Gasteiger partial charge in [0.15, 0.2) is 0 Å². The Hall–Kier alpha value is -1.40. The first-order valence-electron chi connectivity index (χ1n) is 5.60. The number of nitrogens with two attached hydrogens (primary N) is 1. The van der Waals surface area contributed by atoms with Gasteiger partial charge >= 0.3 is 0 Å². The lowest BCUT2D eigenvalue weighted by Crippen LogP contribution is -2.50. The number of hydrogen-bond acceptors (Lipinski definition) is 4. The maximum absolute atomic E-state index is 12.3. The van der Waals surface area contributed by atoms with Crippen LogP contribution in [0.2, 0.25) is 0 Å². The molecular weight excluding hydrogens is 220 g/mol. The Morgan fingerprint density at radius 1 is 1.82 bits per heavy atom. The molecular formula is C11H18N4O2. The number of hydrogen-bond donors (Lipinski definition) is 2. The number of carbonyl (C=O) groups excluding carboxylic acids is 1. The van der Waals surface area contributed by atoms with Gasteiger partial charge in [0.1, 0.15) is 0 Å². The minimum atomic E-state index is -0.613. The van der Waals surface area contributed by atoms with Crippen LogP contribution in [0, 0.1) is 5.41 Å². The third-order valence-electron chi connectivity index (χ3n) is 3.33. The van der Waals surface area contributed by atoms with Crippen molar-refractivity contribution in [2.75, 3.05) is 20.3 Å². The molecule has 6 nitrogen and oxygen atoms in total. The van der Waals surface area contributed by atoms with Gasteiger partial charge in [0.25, 0.3) is 0 Å². The van der Waals surface area contributed by atoms with E-state index in [4.69, 9.17) is 10.5 Å². The highest BCUT2D eigenvalue weighted by Crippen LogP contribution is 2.29. The summed E-state index contributed by atoms with van der Waals surface area (Å²) in [6.45, 7) is 3.22. The van der Waals surface area contributed by atoms with Gasteiger partial charge in [-0.1, -0.05) is 0 Å². The van der Waals surface area contributed by atoms with Crippen molar-refractivity contribution in [2.45, 2.75) is 19.5 Å². The van der Waals surface area contributed by atoms with E-state index in [2.05, 4.69) is 10.2 Å². The molecule has 0 bridgehead atoms. The fraction of sp³-hybridized carbons (Fsp3) is 0.636. The molecule has 94 valence electrons. The van der Waals surface area contributed by atoms with Crippen LogP contribution in [0.4, 0.5) is 0 Å². The number of nitrogens with one attached hydrogen (secondary N) is 1. The van der Waals surface area contributed by atoms with E-state index < -0.39 is 5.41 Å². The number of amides is 1. The lowest BCUT2D eigenvalue weighted by Gasteiger charge is -2.30. The molecule has 2 unspecified atom stereocenters. The second-order valence-electron chi connectivity index (χ2n) is 4.81. The van der Waals surface area contributed by atoms with Gasteiger partial charge in [0, 0.05) is 31.4 Å². The third-order valence-corrected chi connectivity index (χ3v) is 3.33. The van der Waals surface area contributed by atoms with Crippen LogP contribution in [0.15, 0.2) is 12.4 Å². The summed E-state index contributed by atoms with van der Waals surface area (Å²) < 4.78 is 5.29. The molecule has 6 heteroatoms. The Bertz CT molecular complexity index is 392. The van der Waals surface area contributed by atoms with Crippen LogP contribution in [0.5, 0.6) is 0 Å². The fourth-order valence-electron chi connectivity index (χ4n) is 2.05. The zero-order valence-electron chi connectivity index (χ0n) is 10.1. The molecule has 1 aliphatic rings. The third kappa shape index (κ3) is 2.18. The standard InChI is InChI=1S/C11H18N4O2/c1-11(7-17-6-9(11)12)10(16)15(2)5-8-3-13-14-4-8/h3-4,9H,5-7,12H2,1-2H3,(H,13,14). The molecule has 1 amide bonds. The lowest BCUT2D eigenvalue weighted by atomic mass is 9.84. The molecule has 17 heavy (non-hydrogen) atoms. The molecule has 3 N–H and O–H groups in total. The summed E-state index contributed by atoms with van der Waals surface area (Å²) in [4.78, 5) is 14.0. The van der Waals surface area contributed by atoms with Crippen LogP contribution >= 0.6 is 0 Å². The van der Waals surface area contributed by atoms with Crippen LogP contribution in [0.1, 0.15) is 12.5 Å². The number of aromatic amines is 1. The normalized spacial score (nSPS) is 28.3. The highest BCUT2D eigenvalue weighted by atomic mass is 16.5. The van der Waals surface area contributed by atoms with E-state index in [0.29, 0.717) is 19.8 Å². The minimum absolute atomic E-state index is 0.0173. The van der Waals surface area contributed by atoms with E-state index >= 15 is 0 Å². The number of ether oxygens (including phenoxy) is 1. The highest BCUT2D eigenvalue weighted by molar-refractivity contribution is 5.83.